The van der Waals surface area contributed by atoms with E-state index < -0.39 is 35.5 Å². The fourth-order valence-corrected chi connectivity index (χ4v) is 2.41. The summed E-state index contributed by atoms with van der Waals surface area (Å²) >= 11 is 0. The molecule has 2 N–H and O–H groups in total. The molecule has 3 heterocycles. The Bertz CT molecular complexity index is 1010. The van der Waals surface area contributed by atoms with Gasteiger partial charge in [0.15, 0.2) is 6.23 Å². The zero-order chi connectivity index (χ0) is 20.1. The van der Waals surface area contributed by atoms with Gasteiger partial charge in [-0.15, -0.1) is 0 Å². The number of carbonyl (C=O) groups is 2. The van der Waals surface area contributed by atoms with Crippen LogP contribution in [0.3, 0.4) is 0 Å². The molecule has 1 aliphatic rings. The predicted molar refractivity (Wildman–Crippen MR) is 94.4 cm³/mol. The number of hydrogen-bond acceptors (Lipinski definition) is 8. The number of aryl methyl sites for hydroxylation is 1. The number of aromatic nitrogens is 4. The van der Waals surface area contributed by atoms with Gasteiger partial charge in [0, 0.05) is 18.0 Å². The number of H-pyrrole nitrogens is 1. The van der Waals surface area contributed by atoms with Crippen LogP contribution in [0.4, 0.5) is 0 Å². The minimum atomic E-state index is -0.718. The van der Waals surface area contributed by atoms with Crippen LogP contribution < -0.4 is 16.6 Å². The number of hydrogen-bond donors (Lipinski definition) is 2. The Morgan fingerprint density at radius 2 is 2.18 bits per heavy atom. The van der Waals surface area contributed by atoms with Crippen LogP contribution in [0.2, 0.25) is 0 Å². The average molecular weight is 387 g/mol. The van der Waals surface area contributed by atoms with E-state index in [4.69, 9.17) is 9.47 Å². The van der Waals surface area contributed by atoms with Gasteiger partial charge in [-0.3, -0.25) is 23.9 Å². The zero-order valence-electron chi connectivity index (χ0n) is 14.8. The van der Waals surface area contributed by atoms with Crippen LogP contribution in [0.25, 0.3) is 0 Å². The molecule has 1 aliphatic heterocycles. The molecule has 0 spiro atoms. The standard InChI is InChI=1S/C17H17N5O6/c1-10-7-22(17(26)21-15(10)24)13-3-2-11(28-13)8-27-14(23)6-19-16(25)12-4-5-18-9-20-12/h2-5,7,9,11,13H,6,8H2,1H3,(H,19,25)(H,21,24,26)/t11-,13+/m0/s1. The highest BCUT2D eigenvalue weighted by Crippen LogP contribution is 2.19. The van der Waals surface area contributed by atoms with Crippen LogP contribution in [0.15, 0.2) is 46.5 Å². The summed E-state index contributed by atoms with van der Waals surface area (Å²) in [6.07, 6.45) is 6.01. The first kappa shape index (κ1) is 19.2. The van der Waals surface area contributed by atoms with Crippen molar-refractivity contribution in [3.05, 3.63) is 69.0 Å². The normalized spacial score (nSPS) is 18.0. The van der Waals surface area contributed by atoms with E-state index in [9.17, 15) is 19.2 Å². The number of nitrogens with zero attached hydrogens (tertiary/aromatic N) is 3. The van der Waals surface area contributed by atoms with Gasteiger partial charge in [0.25, 0.3) is 11.5 Å². The van der Waals surface area contributed by atoms with Gasteiger partial charge in [-0.25, -0.2) is 14.8 Å². The maximum atomic E-state index is 11.9. The first-order valence-corrected chi connectivity index (χ1v) is 8.29. The molecule has 11 nitrogen and oxygen atoms in total. The summed E-state index contributed by atoms with van der Waals surface area (Å²) in [6, 6.07) is 1.42. The maximum absolute atomic E-state index is 11.9. The molecular formula is C17H17N5O6. The molecular weight excluding hydrogens is 370 g/mol. The first-order valence-electron chi connectivity index (χ1n) is 8.29. The second kappa shape index (κ2) is 8.39. The minimum Gasteiger partial charge on any atom is -0.461 e. The van der Waals surface area contributed by atoms with Crippen molar-refractivity contribution in [2.75, 3.05) is 13.2 Å². The Labute approximate surface area is 158 Å². The zero-order valence-corrected chi connectivity index (χ0v) is 14.8. The van der Waals surface area contributed by atoms with Gasteiger partial charge in [0.2, 0.25) is 0 Å². The van der Waals surface area contributed by atoms with Crippen molar-refractivity contribution < 1.29 is 19.1 Å². The van der Waals surface area contributed by atoms with Crippen molar-refractivity contribution in [2.45, 2.75) is 19.3 Å². The van der Waals surface area contributed by atoms with E-state index in [-0.39, 0.29) is 18.8 Å². The van der Waals surface area contributed by atoms with Gasteiger partial charge < -0.3 is 14.8 Å². The summed E-state index contributed by atoms with van der Waals surface area (Å²) in [7, 11) is 0. The summed E-state index contributed by atoms with van der Waals surface area (Å²) in [5, 5.41) is 2.39. The molecule has 0 aliphatic carbocycles. The highest BCUT2D eigenvalue weighted by molar-refractivity contribution is 5.94. The molecule has 2 atom stereocenters. The van der Waals surface area contributed by atoms with E-state index >= 15 is 0 Å². The molecule has 0 aromatic carbocycles. The lowest BCUT2D eigenvalue weighted by Gasteiger charge is -2.16. The monoisotopic (exact) mass is 387 g/mol. The molecule has 2 aromatic rings. The highest BCUT2D eigenvalue weighted by atomic mass is 16.6. The van der Waals surface area contributed by atoms with Crippen LogP contribution in [0.1, 0.15) is 22.3 Å². The lowest BCUT2D eigenvalue weighted by Crippen LogP contribution is -2.34. The smallest absolute Gasteiger partial charge is 0.330 e. The number of rotatable bonds is 6. The van der Waals surface area contributed by atoms with E-state index in [1.165, 1.54) is 29.4 Å². The fraction of sp³-hybridized carbons (Fsp3) is 0.294. The summed E-state index contributed by atoms with van der Waals surface area (Å²) in [4.78, 5) is 56.5. The van der Waals surface area contributed by atoms with Crippen molar-refractivity contribution in [2.24, 2.45) is 0 Å². The molecule has 1 amide bonds. The predicted octanol–water partition coefficient (Wildman–Crippen LogP) is -0.938. The number of esters is 1. The molecule has 0 bridgehead atoms. The van der Waals surface area contributed by atoms with Gasteiger partial charge in [-0.1, -0.05) is 6.08 Å². The van der Waals surface area contributed by atoms with Crippen molar-refractivity contribution in [1.82, 2.24) is 24.8 Å². The van der Waals surface area contributed by atoms with Gasteiger partial charge in [-0.05, 0) is 19.1 Å². The maximum Gasteiger partial charge on any atom is 0.330 e. The molecule has 0 unspecified atom stereocenters. The molecule has 0 saturated carbocycles. The summed E-state index contributed by atoms with van der Waals surface area (Å²) in [5.74, 6) is -1.18. The number of ether oxygens (including phenoxy) is 2. The third kappa shape index (κ3) is 4.57. The molecule has 0 radical (unpaired) electrons. The van der Waals surface area contributed by atoms with Gasteiger partial charge in [0.05, 0.1) is 0 Å². The third-order valence-corrected chi connectivity index (χ3v) is 3.84. The summed E-state index contributed by atoms with van der Waals surface area (Å²) in [6.45, 7) is 1.15. The Balaban J connectivity index is 1.46. The van der Waals surface area contributed by atoms with Crippen LogP contribution >= 0.6 is 0 Å². The highest BCUT2D eigenvalue weighted by Gasteiger charge is 2.23. The number of carbonyl (C=O) groups excluding carboxylic acids is 2. The minimum absolute atomic E-state index is 0.0910. The van der Waals surface area contributed by atoms with Crippen LogP contribution in [-0.4, -0.2) is 50.7 Å². The van der Waals surface area contributed by atoms with Crippen molar-refractivity contribution in [3.63, 3.8) is 0 Å². The largest absolute Gasteiger partial charge is 0.461 e. The molecule has 3 rings (SSSR count). The molecule has 0 saturated heterocycles. The fourth-order valence-electron chi connectivity index (χ4n) is 2.41. The lowest BCUT2D eigenvalue weighted by molar-refractivity contribution is -0.146. The molecule has 2 aromatic heterocycles. The molecule has 28 heavy (non-hydrogen) atoms. The molecule has 11 heteroatoms. The third-order valence-electron chi connectivity index (χ3n) is 3.84. The van der Waals surface area contributed by atoms with Gasteiger partial charge in [0.1, 0.15) is 31.3 Å². The lowest BCUT2D eigenvalue weighted by atomic mass is 10.3. The van der Waals surface area contributed by atoms with Crippen molar-refractivity contribution >= 4 is 11.9 Å². The van der Waals surface area contributed by atoms with Crippen molar-refractivity contribution in [1.29, 1.82) is 0 Å². The van der Waals surface area contributed by atoms with Crippen LogP contribution in [0, 0.1) is 6.92 Å². The second-order valence-corrected chi connectivity index (χ2v) is 5.89. The number of nitrogens with one attached hydrogen (secondary N) is 2. The van der Waals surface area contributed by atoms with Crippen molar-refractivity contribution in [3.8, 4) is 0 Å². The Morgan fingerprint density at radius 3 is 2.93 bits per heavy atom. The SMILES string of the molecule is Cc1cn([C@H]2C=C[C@@H](COC(=O)CNC(=O)c3ccncn3)O2)c(=O)[nH]c1=O. The Hall–Kier alpha value is -3.60. The van der Waals surface area contributed by atoms with E-state index in [1.807, 2.05) is 0 Å². The quantitative estimate of drug-likeness (QED) is 0.477. The Morgan fingerprint density at radius 1 is 1.36 bits per heavy atom. The molecule has 146 valence electrons. The van der Waals surface area contributed by atoms with Gasteiger partial charge in [-0.2, -0.15) is 0 Å². The summed E-state index contributed by atoms with van der Waals surface area (Å²) < 4.78 is 11.9. The van der Waals surface area contributed by atoms with Gasteiger partial charge >= 0.3 is 11.7 Å². The van der Waals surface area contributed by atoms with Crippen LogP contribution in [-0.2, 0) is 14.3 Å². The summed E-state index contributed by atoms with van der Waals surface area (Å²) in [5.41, 5.74) is -0.562. The number of amides is 1. The topological polar surface area (TPSA) is 145 Å². The van der Waals surface area contributed by atoms with E-state index in [1.54, 1.807) is 19.1 Å². The van der Waals surface area contributed by atoms with E-state index in [0.29, 0.717) is 5.56 Å². The number of aromatic amines is 1. The van der Waals surface area contributed by atoms with Crippen LogP contribution in [0.5, 0.6) is 0 Å². The van der Waals surface area contributed by atoms with E-state index in [0.717, 1.165) is 0 Å². The first-order chi connectivity index (χ1) is 13.4. The second-order valence-electron chi connectivity index (χ2n) is 5.89. The molecule has 0 fully saturated rings. The Kier molecular flexibility index (Phi) is 5.75. The average Bonchev–Trinajstić information content (AvgIpc) is 3.16. The van der Waals surface area contributed by atoms with E-state index in [2.05, 4.69) is 20.3 Å².